The lowest BCUT2D eigenvalue weighted by Gasteiger charge is -2.09. The van der Waals surface area contributed by atoms with E-state index in [4.69, 9.17) is 9.88 Å². The molecule has 0 aliphatic carbocycles. The Bertz CT molecular complexity index is 862. The van der Waals surface area contributed by atoms with Gasteiger partial charge in [-0.2, -0.15) is 0 Å². The molecule has 5 nitrogen and oxygen atoms in total. The van der Waals surface area contributed by atoms with Crippen molar-refractivity contribution in [3.8, 4) is 5.75 Å². The SMILES string of the molecule is COc1cc(C(=O)c2ccc(CS(N)(=O)=O)cc2Br)ccc1C. The van der Waals surface area contributed by atoms with E-state index in [-0.39, 0.29) is 11.5 Å². The summed E-state index contributed by atoms with van der Waals surface area (Å²) in [6, 6.07) is 9.97. The molecule has 0 saturated carbocycles. The lowest BCUT2D eigenvalue weighted by atomic mass is 10.0. The minimum absolute atomic E-state index is 0.183. The van der Waals surface area contributed by atoms with E-state index in [0.717, 1.165) is 5.56 Å². The van der Waals surface area contributed by atoms with E-state index < -0.39 is 10.0 Å². The van der Waals surface area contributed by atoms with Gasteiger partial charge in [-0.25, -0.2) is 13.6 Å². The van der Waals surface area contributed by atoms with Crippen molar-refractivity contribution in [3.63, 3.8) is 0 Å². The first-order valence-electron chi connectivity index (χ1n) is 6.69. The second kappa shape index (κ2) is 6.82. The standard InChI is InChI=1S/C16H16BrNO4S/c1-10-3-5-12(8-15(10)22-2)16(19)13-6-4-11(7-14(13)17)9-23(18,20)21/h3-8H,9H2,1-2H3,(H2,18,20,21). The van der Waals surface area contributed by atoms with Gasteiger partial charge in [0.2, 0.25) is 10.0 Å². The zero-order valence-electron chi connectivity index (χ0n) is 12.7. The lowest BCUT2D eigenvalue weighted by Crippen LogP contribution is -2.14. The van der Waals surface area contributed by atoms with Gasteiger partial charge in [0.1, 0.15) is 5.75 Å². The van der Waals surface area contributed by atoms with E-state index in [0.29, 0.717) is 26.9 Å². The topological polar surface area (TPSA) is 86.5 Å². The number of nitrogens with two attached hydrogens (primary N) is 1. The molecule has 0 radical (unpaired) electrons. The quantitative estimate of drug-likeness (QED) is 0.785. The third kappa shape index (κ3) is 4.40. The molecule has 2 N–H and O–H groups in total. The summed E-state index contributed by atoms with van der Waals surface area (Å²) in [6.07, 6.45) is 0. The molecule has 2 rings (SSSR count). The first-order valence-corrected chi connectivity index (χ1v) is 9.20. The van der Waals surface area contributed by atoms with Crippen molar-refractivity contribution in [1.29, 1.82) is 0 Å². The van der Waals surface area contributed by atoms with Gasteiger partial charge in [0.05, 0.1) is 12.9 Å². The van der Waals surface area contributed by atoms with Crippen molar-refractivity contribution in [2.24, 2.45) is 5.14 Å². The number of halogens is 1. The number of methoxy groups -OCH3 is 1. The van der Waals surface area contributed by atoms with Crippen molar-refractivity contribution >= 4 is 31.7 Å². The molecule has 7 heteroatoms. The monoisotopic (exact) mass is 397 g/mol. The van der Waals surface area contributed by atoms with Crippen LogP contribution < -0.4 is 9.88 Å². The zero-order chi connectivity index (χ0) is 17.2. The maximum absolute atomic E-state index is 12.6. The van der Waals surface area contributed by atoms with Crippen LogP contribution in [0.3, 0.4) is 0 Å². The number of carbonyl (C=O) groups is 1. The van der Waals surface area contributed by atoms with Crippen LogP contribution in [0.1, 0.15) is 27.0 Å². The van der Waals surface area contributed by atoms with Crippen LogP contribution in [-0.4, -0.2) is 21.3 Å². The number of sulfonamides is 1. The molecule has 2 aromatic rings. The second-order valence-corrected chi connectivity index (χ2v) is 7.60. The van der Waals surface area contributed by atoms with Crippen molar-refractivity contribution in [2.45, 2.75) is 12.7 Å². The van der Waals surface area contributed by atoms with Gasteiger partial charge < -0.3 is 4.74 Å². The van der Waals surface area contributed by atoms with Crippen molar-refractivity contribution < 1.29 is 17.9 Å². The van der Waals surface area contributed by atoms with Crippen LogP contribution in [0.5, 0.6) is 5.75 Å². The largest absolute Gasteiger partial charge is 0.496 e. The molecule has 0 atom stereocenters. The van der Waals surface area contributed by atoms with Gasteiger partial charge in [-0.05, 0) is 36.2 Å². The number of hydrogen-bond donors (Lipinski definition) is 1. The van der Waals surface area contributed by atoms with Gasteiger partial charge in [0.15, 0.2) is 5.78 Å². The van der Waals surface area contributed by atoms with Gasteiger partial charge in [-0.15, -0.1) is 0 Å². The number of carbonyl (C=O) groups excluding carboxylic acids is 1. The van der Waals surface area contributed by atoms with Crippen LogP contribution in [0.25, 0.3) is 0 Å². The minimum atomic E-state index is -3.62. The first kappa shape index (κ1) is 17.7. The molecular weight excluding hydrogens is 382 g/mol. The summed E-state index contributed by atoms with van der Waals surface area (Å²) in [5, 5.41) is 5.03. The van der Waals surface area contributed by atoms with Crippen LogP contribution in [-0.2, 0) is 15.8 Å². The molecule has 0 aliphatic heterocycles. The molecular formula is C16H16BrNO4S. The number of ketones is 1. The van der Waals surface area contributed by atoms with Gasteiger partial charge in [0.25, 0.3) is 0 Å². The number of hydrogen-bond acceptors (Lipinski definition) is 4. The molecule has 0 spiro atoms. The van der Waals surface area contributed by atoms with Crippen LogP contribution in [0, 0.1) is 6.92 Å². The summed E-state index contributed by atoms with van der Waals surface area (Å²) in [5.74, 6) is 0.175. The molecule has 0 amide bonds. The Balaban J connectivity index is 2.36. The normalized spacial score (nSPS) is 11.3. The molecule has 2 aromatic carbocycles. The van der Waals surface area contributed by atoms with Gasteiger partial charge >= 0.3 is 0 Å². The van der Waals surface area contributed by atoms with E-state index in [2.05, 4.69) is 15.9 Å². The molecule has 0 saturated heterocycles. The van der Waals surface area contributed by atoms with Gasteiger partial charge in [-0.3, -0.25) is 4.79 Å². The predicted octanol–water partition coefficient (Wildman–Crippen LogP) is 2.79. The Labute approximate surface area is 143 Å². The summed E-state index contributed by atoms with van der Waals surface area (Å²) in [7, 11) is -2.07. The fraction of sp³-hybridized carbons (Fsp3) is 0.188. The maximum Gasteiger partial charge on any atom is 0.213 e. The summed E-state index contributed by atoms with van der Waals surface area (Å²) >= 11 is 3.31. The molecule has 0 fully saturated rings. The highest BCUT2D eigenvalue weighted by Gasteiger charge is 2.15. The molecule has 0 heterocycles. The smallest absolute Gasteiger partial charge is 0.213 e. The third-order valence-electron chi connectivity index (χ3n) is 3.32. The number of aryl methyl sites for hydroxylation is 1. The summed E-state index contributed by atoms with van der Waals surface area (Å²) in [4.78, 5) is 12.6. The van der Waals surface area contributed by atoms with Crippen LogP contribution >= 0.6 is 15.9 Å². The van der Waals surface area contributed by atoms with Gasteiger partial charge in [0, 0.05) is 15.6 Å². The van der Waals surface area contributed by atoms with E-state index in [1.165, 1.54) is 0 Å². The fourth-order valence-electron chi connectivity index (χ4n) is 2.18. The Morgan fingerprint density at radius 1 is 1.22 bits per heavy atom. The van der Waals surface area contributed by atoms with E-state index >= 15 is 0 Å². The molecule has 0 bridgehead atoms. The Kier molecular flexibility index (Phi) is 5.23. The lowest BCUT2D eigenvalue weighted by molar-refractivity contribution is 0.103. The molecule has 0 aromatic heterocycles. The van der Waals surface area contributed by atoms with Crippen LogP contribution in [0.4, 0.5) is 0 Å². The van der Waals surface area contributed by atoms with Crippen molar-refractivity contribution in [1.82, 2.24) is 0 Å². The van der Waals surface area contributed by atoms with E-state index in [1.54, 1.807) is 37.4 Å². The van der Waals surface area contributed by atoms with E-state index in [1.807, 2.05) is 13.0 Å². The Morgan fingerprint density at radius 2 is 1.91 bits per heavy atom. The number of ether oxygens (including phenoxy) is 1. The molecule has 0 unspecified atom stereocenters. The third-order valence-corrected chi connectivity index (χ3v) is 4.71. The summed E-state index contributed by atoms with van der Waals surface area (Å²) in [6.45, 7) is 1.89. The summed E-state index contributed by atoms with van der Waals surface area (Å²) in [5.41, 5.74) is 2.38. The summed E-state index contributed by atoms with van der Waals surface area (Å²) < 4.78 is 28.0. The number of primary sulfonamides is 1. The average molecular weight is 398 g/mol. The predicted molar refractivity (Wildman–Crippen MR) is 92.1 cm³/mol. The fourth-order valence-corrected chi connectivity index (χ4v) is 3.43. The van der Waals surface area contributed by atoms with Crippen molar-refractivity contribution in [2.75, 3.05) is 7.11 Å². The first-order chi connectivity index (χ1) is 10.7. The molecule has 0 aliphatic rings. The number of rotatable bonds is 5. The van der Waals surface area contributed by atoms with Crippen molar-refractivity contribution in [3.05, 3.63) is 63.1 Å². The Morgan fingerprint density at radius 3 is 2.48 bits per heavy atom. The van der Waals surface area contributed by atoms with Gasteiger partial charge in [-0.1, -0.05) is 34.1 Å². The maximum atomic E-state index is 12.6. The Hall–Kier alpha value is -1.70. The highest BCUT2D eigenvalue weighted by atomic mass is 79.9. The number of benzene rings is 2. The highest BCUT2D eigenvalue weighted by Crippen LogP contribution is 2.25. The second-order valence-electron chi connectivity index (χ2n) is 5.13. The zero-order valence-corrected chi connectivity index (χ0v) is 15.1. The molecule has 122 valence electrons. The van der Waals surface area contributed by atoms with Crippen LogP contribution in [0.15, 0.2) is 40.9 Å². The highest BCUT2D eigenvalue weighted by molar-refractivity contribution is 9.10. The minimum Gasteiger partial charge on any atom is -0.496 e. The average Bonchev–Trinajstić information content (AvgIpc) is 2.45. The molecule has 23 heavy (non-hydrogen) atoms. The van der Waals surface area contributed by atoms with E-state index in [9.17, 15) is 13.2 Å². The van der Waals surface area contributed by atoms with Crippen LogP contribution in [0.2, 0.25) is 0 Å².